The van der Waals surface area contributed by atoms with Gasteiger partial charge >= 0.3 is 5.97 Å². The summed E-state index contributed by atoms with van der Waals surface area (Å²) in [6.07, 6.45) is 3.45. The lowest BCUT2D eigenvalue weighted by molar-refractivity contribution is -0.122. The van der Waals surface area contributed by atoms with E-state index < -0.39 is 12.6 Å². The number of aromatic nitrogens is 1. The van der Waals surface area contributed by atoms with Crippen LogP contribution in [0.3, 0.4) is 0 Å². The Morgan fingerprint density at radius 1 is 0.952 bits per heavy atom. The minimum atomic E-state index is -0.657. The van der Waals surface area contributed by atoms with Crippen LogP contribution >= 0.6 is 27.5 Å². The Balaban J connectivity index is 1.31. The Bertz CT molecular complexity index is 1730. The first-order valence-electron chi connectivity index (χ1n) is 13.8. The van der Waals surface area contributed by atoms with E-state index in [0.717, 1.165) is 35.7 Å². The monoisotopic (exact) mass is 644 g/mol. The van der Waals surface area contributed by atoms with Crippen molar-refractivity contribution in [3.63, 3.8) is 0 Å². The SMILES string of the molecule is Cc1cc(Br)cc2c(C(=O)OCC(=O)c3ccc(Cl)cc3)cc(-c3ccc(N4C(=O)C5CCCCC5C4=O)cc3)nc12. The molecule has 9 heteroatoms. The van der Waals surface area contributed by atoms with Crippen LogP contribution < -0.4 is 4.90 Å². The van der Waals surface area contributed by atoms with E-state index in [1.54, 1.807) is 60.7 Å². The van der Waals surface area contributed by atoms with Crippen LogP contribution in [0.15, 0.2) is 71.2 Å². The zero-order valence-electron chi connectivity index (χ0n) is 22.7. The van der Waals surface area contributed by atoms with E-state index in [1.165, 1.54) is 4.90 Å². The van der Waals surface area contributed by atoms with Crippen molar-refractivity contribution in [3.05, 3.63) is 92.9 Å². The Labute approximate surface area is 256 Å². The van der Waals surface area contributed by atoms with E-state index >= 15 is 0 Å². The van der Waals surface area contributed by atoms with E-state index in [0.29, 0.717) is 38.4 Å². The number of carbonyl (C=O) groups is 4. The van der Waals surface area contributed by atoms with Crippen LogP contribution in [0.1, 0.15) is 52.0 Å². The summed E-state index contributed by atoms with van der Waals surface area (Å²) in [6.45, 7) is 1.47. The molecule has 7 nitrogen and oxygen atoms in total. The predicted molar refractivity (Wildman–Crippen MR) is 164 cm³/mol. The van der Waals surface area contributed by atoms with Gasteiger partial charge in [-0.1, -0.05) is 52.5 Å². The lowest BCUT2D eigenvalue weighted by Gasteiger charge is -2.19. The minimum absolute atomic E-state index is 0.124. The zero-order valence-corrected chi connectivity index (χ0v) is 25.1. The van der Waals surface area contributed by atoms with Crippen LogP contribution in [0.4, 0.5) is 5.69 Å². The molecule has 2 unspecified atom stereocenters. The second-order valence-electron chi connectivity index (χ2n) is 10.7. The predicted octanol–water partition coefficient (Wildman–Crippen LogP) is 7.35. The van der Waals surface area contributed by atoms with Crippen molar-refractivity contribution < 1.29 is 23.9 Å². The molecule has 2 heterocycles. The standard InChI is InChI=1S/C33H26BrClN2O5/c1-18-14-21(34)15-26-27(33(41)42-17-29(38)20-6-10-22(35)11-7-20)16-28(36-30(18)26)19-8-12-23(13-9-19)37-31(39)24-4-2-3-5-25(24)32(37)40/h6-16,24-25H,2-5,17H2,1H3. The molecule has 212 valence electrons. The molecule has 1 aliphatic heterocycles. The molecule has 0 spiro atoms. The maximum atomic E-state index is 13.4. The second-order valence-corrected chi connectivity index (χ2v) is 12.1. The highest BCUT2D eigenvalue weighted by Crippen LogP contribution is 2.40. The van der Waals surface area contributed by atoms with Crippen molar-refractivity contribution in [2.75, 3.05) is 11.5 Å². The van der Waals surface area contributed by atoms with E-state index in [4.69, 9.17) is 21.3 Å². The fraction of sp³-hybridized carbons (Fsp3) is 0.242. The number of amides is 2. The highest BCUT2D eigenvalue weighted by atomic mass is 79.9. The van der Waals surface area contributed by atoms with Gasteiger partial charge in [0.15, 0.2) is 12.4 Å². The number of nitrogens with zero attached hydrogens (tertiary/aromatic N) is 2. The lowest BCUT2D eigenvalue weighted by atomic mass is 9.81. The number of rotatable bonds is 6. The molecule has 2 aliphatic rings. The molecular weight excluding hydrogens is 620 g/mol. The third-order valence-corrected chi connectivity index (χ3v) is 8.76. The number of fused-ring (bicyclic) bond motifs is 2. The summed E-state index contributed by atoms with van der Waals surface area (Å²) in [5.41, 5.74) is 3.87. The molecule has 0 N–H and O–H groups in total. The fourth-order valence-corrected chi connectivity index (χ4v) is 6.60. The molecule has 4 aromatic rings. The lowest BCUT2D eigenvalue weighted by Crippen LogP contribution is -2.30. The van der Waals surface area contributed by atoms with Crippen molar-refractivity contribution >= 4 is 67.7 Å². The van der Waals surface area contributed by atoms with Crippen LogP contribution in [0, 0.1) is 18.8 Å². The van der Waals surface area contributed by atoms with Crippen molar-refractivity contribution in [1.82, 2.24) is 4.98 Å². The van der Waals surface area contributed by atoms with Crippen LogP contribution in [0.25, 0.3) is 22.2 Å². The van der Waals surface area contributed by atoms with Gasteiger partial charge in [0.2, 0.25) is 11.8 Å². The third-order valence-electron chi connectivity index (χ3n) is 8.05. The molecule has 1 aliphatic carbocycles. The first kappa shape index (κ1) is 28.2. The summed E-state index contributed by atoms with van der Waals surface area (Å²) < 4.78 is 6.24. The van der Waals surface area contributed by atoms with Crippen molar-refractivity contribution in [2.45, 2.75) is 32.6 Å². The van der Waals surface area contributed by atoms with Gasteiger partial charge in [-0.25, -0.2) is 9.78 Å². The normalized spacial score (nSPS) is 18.3. The molecule has 0 radical (unpaired) electrons. The summed E-state index contributed by atoms with van der Waals surface area (Å²) in [4.78, 5) is 58.3. The number of benzene rings is 3. The number of esters is 1. The molecule has 6 rings (SSSR count). The number of hydrogen-bond acceptors (Lipinski definition) is 6. The summed E-state index contributed by atoms with van der Waals surface area (Å²) in [5, 5.41) is 1.09. The quantitative estimate of drug-likeness (QED) is 0.124. The van der Waals surface area contributed by atoms with Gasteiger partial charge in [0.1, 0.15) is 0 Å². The van der Waals surface area contributed by atoms with Gasteiger partial charge in [0.25, 0.3) is 0 Å². The first-order chi connectivity index (χ1) is 20.2. The van der Waals surface area contributed by atoms with Crippen molar-refractivity contribution in [2.24, 2.45) is 11.8 Å². The van der Waals surface area contributed by atoms with Gasteiger partial charge in [0.05, 0.1) is 34.3 Å². The van der Waals surface area contributed by atoms with Gasteiger partial charge in [-0.15, -0.1) is 0 Å². The van der Waals surface area contributed by atoms with E-state index in [2.05, 4.69) is 15.9 Å². The summed E-state index contributed by atoms with van der Waals surface area (Å²) in [7, 11) is 0. The summed E-state index contributed by atoms with van der Waals surface area (Å²) in [5.74, 6) is -1.71. The number of imide groups is 1. The third kappa shape index (κ3) is 5.25. The number of ether oxygens (including phenoxy) is 1. The Morgan fingerprint density at radius 2 is 1.60 bits per heavy atom. The van der Waals surface area contributed by atoms with Crippen LogP contribution in [-0.4, -0.2) is 35.2 Å². The smallest absolute Gasteiger partial charge is 0.339 e. The molecule has 1 saturated carbocycles. The van der Waals surface area contributed by atoms with Crippen LogP contribution in [0.2, 0.25) is 5.02 Å². The van der Waals surface area contributed by atoms with E-state index in [-0.39, 0.29) is 35.0 Å². The maximum Gasteiger partial charge on any atom is 0.339 e. The molecule has 42 heavy (non-hydrogen) atoms. The van der Waals surface area contributed by atoms with E-state index in [1.807, 2.05) is 13.0 Å². The molecule has 1 saturated heterocycles. The number of anilines is 1. The largest absolute Gasteiger partial charge is 0.454 e. The van der Waals surface area contributed by atoms with Gasteiger partial charge in [-0.3, -0.25) is 19.3 Å². The molecule has 2 fully saturated rings. The average Bonchev–Trinajstić information content (AvgIpc) is 3.25. The van der Waals surface area contributed by atoms with Gasteiger partial charge in [-0.2, -0.15) is 0 Å². The minimum Gasteiger partial charge on any atom is -0.454 e. The molecule has 0 bridgehead atoms. The Morgan fingerprint density at radius 3 is 2.24 bits per heavy atom. The van der Waals surface area contributed by atoms with Gasteiger partial charge in [-0.05, 0) is 79.9 Å². The zero-order chi connectivity index (χ0) is 29.5. The van der Waals surface area contributed by atoms with Crippen molar-refractivity contribution in [3.8, 4) is 11.3 Å². The number of hydrogen-bond donors (Lipinski definition) is 0. The first-order valence-corrected chi connectivity index (χ1v) is 14.9. The van der Waals surface area contributed by atoms with Crippen LogP contribution in [-0.2, 0) is 14.3 Å². The maximum absolute atomic E-state index is 13.4. The Hall–Kier alpha value is -3.88. The van der Waals surface area contributed by atoms with Crippen LogP contribution in [0.5, 0.6) is 0 Å². The molecule has 2 amide bonds. The molecule has 2 atom stereocenters. The molecule has 1 aromatic heterocycles. The fourth-order valence-electron chi connectivity index (χ4n) is 5.90. The van der Waals surface area contributed by atoms with Gasteiger partial charge < -0.3 is 4.74 Å². The number of ketones is 1. The molecule has 3 aromatic carbocycles. The topological polar surface area (TPSA) is 93.6 Å². The summed E-state index contributed by atoms with van der Waals surface area (Å²) >= 11 is 9.41. The highest BCUT2D eigenvalue weighted by molar-refractivity contribution is 9.10. The number of aryl methyl sites for hydroxylation is 1. The Kier molecular flexibility index (Phi) is 7.68. The summed E-state index contributed by atoms with van der Waals surface area (Å²) in [6, 6.07) is 18.8. The van der Waals surface area contributed by atoms with E-state index in [9.17, 15) is 19.2 Å². The number of halogens is 2. The number of carbonyl (C=O) groups excluding carboxylic acids is 4. The van der Waals surface area contributed by atoms with Gasteiger partial charge in [0, 0.05) is 26.0 Å². The number of pyridine rings is 1. The molecular formula is C33H26BrClN2O5. The number of Topliss-reactive ketones (excluding diaryl/α,β-unsaturated/α-hetero) is 1. The van der Waals surface area contributed by atoms with Crippen molar-refractivity contribution in [1.29, 1.82) is 0 Å². The highest BCUT2D eigenvalue weighted by Gasteiger charge is 2.48. The average molecular weight is 646 g/mol. The second kappa shape index (κ2) is 11.4.